The first kappa shape index (κ1) is 38.2. The molecular weight excluding hydrogens is 566 g/mol. The van der Waals surface area contributed by atoms with Crippen LogP contribution in [0.25, 0.3) is 0 Å². The first-order chi connectivity index (χ1) is 21.2. The molecule has 2 amide bonds. The molecule has 0 saturated carbocycles. The average Bonchev–Trinajstić information content (AvgIpc) is 3.73. The Morgan fingerprint density at radius 3 is 1.66 bits per heavy atom. The summed E-state index contributed by atoms with van der Waals surface area (Å²) in [5.41, 5.74) is 2.89. The van der Waals surface area contributed by atoms with Gasteiger partial charge >= 0.3 is 14.2 Å². The van der Waals surface area contributed by atoms with E-state index >= 15 is 0 Å². The summed E-state index contributed by atoms with van der Waals surface area (Å²) < 4.78 is 5.03. The number of hydrogen-bond acceptors (Lipinski definition) is 10. The Labute approximate surface area is 262 Å². The van der Waals surface area contributed by atoms with Crippen molar-refractivity contribution in [3.05, 3.63) is 23.8 Å². The van der Waals surface area contributed by atoms with Crippen LogP contribution >= 0.6 is 0 Å². The van der Waals surface area contributed by atoms with Gasteiger partial charge in [0.05, 0.1) is 6.04 Å². The summed E-state index contributed by atoms with van der Waals surface area (Å²) in [7, 11) is -3.61. The van der Waals surface area contributed by atoms with Gasteiger partial charge in [-0.3, -0.25) is 20.9 Å². The Morgan fingerprint density at radius 1 is 0.727 bits per heavy atom. The highest BCUT2D eigenvalue weighted by Crippen LogP contribution is 2.24. The smallest absolute Gasteiger partial charge is 0.423 e. The number of rotatable bonds is 26. The standard InChI is InChI=1S/C30H54B2N4O8/c33-36-26(28-30(39)44-28)16-13-15-18-34-27(37)17-12-10-8-6-4-2-1-3-5-7-9-11-14-19-35-29(38)23-20-24(31(40)41)22-25(21-23)32(42)43/h20-22,26,28,30,36,39-43H,1-19,33H2,(H,34,37)(H,35,38). The van der Waals surface area contributed by atoms with E-state index in [1.807, 2.05) is 0 Å². The van der Waals surface area contributed by atoms with E-state index in [9.17, 15) is 34.8 Å². The van der Waals surface area contributed by atoms with Gasteiger partial charge in [-0.15, -0.1) is 0 Å². The molecule has 44 heavy (non-hydrogen) atoms. The lowest BCUT2D eigenvalue weighted by atomic mass is 9.72. The molecule has 10 N–H and O–H groups in total. The zero-order valence-corrected chi connectivity index (χ0v) is 26.1. The van der Waals surface area contributed by atoms with Crippen molar-refractivity contribution in [1.82, 2.24) is 16.1 Å². The van der Waals surface area contributed by atoms with Crippen LogP contribution in [0.3, 0.4) is 0 Å². The van der Waals surface area contributed by atoms with E-state index in [1.165, 1.54) is 69.6 Å². The molecule has 12 nitrogen and oxygen atoms in total. The number of benzene rings is 1. The summed E-state index contributed by atoms with van der Waals surface area (Å²) in [4.78, 5) is 24.4. The number of aliphatic hydroxyl groups is 1. The van der Waals surface area contributed by atoms with Crippen LogP contribution in [0.5, 0.6) is 0 Å². The minimum Gasteiger partial charge on any atom is -0.423 e. The SMILES string of the molecule is NNC(CCCCNC(=O)CCCCCCCCCCCCCCCNC(=O)c1cc(B(O)O)cc(B(O)O)c1)C1OC1O. The quantitative estimate of drug-likeness (QED) is 0.0224. The van der Waals surface area contributed by atoms with Crippen LogP contribution in [0.2, 0.25) is 0 Å². The first-order valence-electron chi connectivity index (χ1n) is 16.4. The fourth-order valence-corrected chi connectivity index (χ4v) is 5.32. The maximum absolute atomic E-state index is 12.4. The number of amides is 2. The van der Waals surface area contributed by atoms with Gasteiger partial charge in [-0.25, -0.2) is 0 Å². The maximum atomic E-state index is 12.4. The van der Waals surface area contributed by atoms with Crippen molar-refractivity contribution in [3.8, 4) is 0 Å². The topological polar surface area (TPSA) is 210 Å². The average molecular weight is 620 g/mol. The molecule has 1 aliphatic rings. The molecule has 0 radical (unpaired) electrons. The molecule has 1 heterocycles. The van der Waals surface area contributed by atoms with E-state index < -0.39 is 20.5 Å². The largest absolute Gasteiger partial charge is 0.488 e. The van der Waals surface area contributed by atoms with E-state index in [2.05, 4.69) is 16.1 Å². The molecule has 248 valence electrons. The number of carbonyl (C=O) groups excluding carboxylic acids is 2. The van der Waals surface area contributed by atoms with Gasteiger partial charge in [0.15, 0.2) is 6.29 Å². The Morgan fingerprint density at radius 2 is 1.18 bits per heavy atom. The Kier molecular flexibility index (Phi) is 19.5. The number of nitrogens with one attached hydrogen (secondary N) is 3. The van der Waals surface area contributed by atoms with Gasteiger partial charge in [0.1, 0.15) is 6.10 Å². The first-order valence-corrected chi connectivity index (χ1v) is 16.4. The molecule has 1 aromatic carbocycles. The molecule has 0 spiro atoms. The van der Waals surface area contributed by atoms with Crippen molar-refractivity contribution in [1.29, 1.82) is 0 Å². The predicted octanol–water partition coefficient (Wildman–Crippen LogP) is 0.0730. The summed E-state index contributed by atoms with van der Waals surface area (Å²) in [6.07, 6.45) is 17.0. The third-order valence-corrected chi connectivity index (χ3v) is 8.08. The summed E-state index contributed by atoms with van der Waals surface area (Å²) in [5.74, 6) is 5.22. The molecule has 0 bridgehead atoms. The summed E-state index contributed by atoms with van der Waals surface area (Å²) in [6.45, 7) is 1.17. The summed E-state index contributed by atoms with van der Waals surface area (Å²) in [5, 5.41) is 52.6. The van der Waals surface area contributed by atoms with Gasteiger partial charge in [-0.2, -0.15) is 0 Å². The van der Waals surface area contributed by atoms with E-state index in [-0.39, 0.29) is 40.4 Å². The molecule has 2 rings (SSSR count). The third kappa shape index (κ3) is 16.3. The Hall–Kier alpha value is -2.03. The fourth-order valence-electron chi connectivity index (χ4n) is 5.32. The van der Waals surface area contributed by atoms with Crippen LogP contribution in [0.4, 0.5) is 0 Å². The third-order valence-electron chi connectivity index (χ3n) is 8.08. The Balaban J connectivity index is 1.33. The van der Waals surface area contributed by atoms with Gasteiger partial charge in [0, 0.05) is 25.1 Å². The lowest BCUT2D eigenvalue weighted by molar-refractivity contribution is -0.121. The van der Waals surface area contributed by atoms with E-state index in [4.69, 9.17) is 10.6 Å². The number of epoxide rings is 1. The number of hydrazine groups is 1. The van der Waals surface area contributed by atoms with Crippen LogP contribution in [-0.2, 0) is 9.53 Å². The van der Waals surface area contributed by atoms with Gasteiger partial charge in [-0.05, 0) is 55.2 Å². The van der Waals surface area contributed by atoms with Gasteiger partial charge in [0.2, 0.25) is 5.91 Å². The van der Waals surface area contributed by atoms with Crippen LogP contribution in [0.15, 0.2) is 18.2 Å². The molecule has 14 heteroatoms. The molecule has 0 aromatic heterocycles. The monoisotopic (exact) mass is 620 g/mol. The highest BCUT2D eigenvalue weighted by Gasteiger charge is 2.42. The molecule has 0 aliphatic carbocycles. The van der Waals surface area contributed by atoms with Crippen LogP contribution < -0.4 is 32.8 Å². The van der Waals surface area contributed by atoms with Crippen LogP contribution in [0.1, 0.15) is 120 Å². The molecule has 1 fully saturated rings. The van der Waals surface area contributed by atoms with Crippen molar-refractivity contribution < 1.29 is 39.5 Å². The van der Waals surface area contributed by atoms with Gasteiger partial charge in [-0.1, -0.05) is 76.7 Å². The van der Waals surface area contributed by atoms with Gasteiger partial charge in [0.25, 0.3) is 5.91 Å². The maximum Gasteiger partial charge on any atom is 0.488 e. The van der Waals surface area contributed by atoms with Crippen molar-refractivity contribution in [2.45, 2.75) is 128 Å². The fraction of sp³-hybridized carbons (Fsp3) is 0.733. The number of ether oxygens (including phenoxy) is 1. The zero-order valence-electron chi connectivity index (χ0n) is 26.1. The van der Waals surface area contributed by atoms with Crippen molar-refractivity contribution in [2.75, 3.05) is 13.1 Å². The Bertz CT molecular complexity index is 933. The number of aliphatic hydroxyl groups excluding tert-OH is 1. The molecule has 1 aromatic rings. The number of nitrogens with two attached hydrogens (primary N) is 1. The highest BCUT2D eigenvalue weighted by molar-refractivity contribution is 6.62. The van der Waals surface area contributed by atoms with Crippen molar-refractivity contribution in [3.63, 3.8) is 0 Å². The molecule has 3 unspecified atom stereocenters. The lowest BCUT2D eigenvalue weighted by Gasteiger charge is -2.12. The highest BCUT2D eigenvalue weighted by atomic mass is 16.7. The summed E-state index contributed by atoms with van der Waals surface area (Å²) in [6, 6.07) is 3.85. The minimum atomic E-state index is -1.81. The molecule has 1 saturated heterocycles. The van der Waals surface area contributed by atoms with Crippen LogP contribution in [-0.4, -0.2) is 82.8 Å². The van der Waals surface area contributed by atoms with E-state index in [0.29, 0.717) is 19.5 Å². The number of unbranched alkanes of at least 4 members (excludes halogenated alkanes) is 13. The second-order valence-electron chi connectivity index (χ2n) is 11.8. The normalized spacial score (nSPS) is 16.4. The van der Waals surface area contributed by atoms with E-state index in [0.717, 1.165) is 51.4 Å². The molecule has 3 atom stereocenters. The zero-order chi connectivity index (χ0) is 32.2. The predicted molar refractivity (Wildman–Crippen MR) is 172 cm³/mol. The lowest BCUT2D eigenvalue weighted by Crippen LogP contribution is -2.40. The molecular formula is C30H54B2N4O8. The van der Waals surface area contributed by atoms with Gasteiger partial charge < -0.3 is 40.6 Å². The second-order valence-corrected chi connectivity index (χ2v) is 11.8. The van der Waals surface area contributed by atoms with Crippen molar-refractivity contribution >= 4 is 37.0 Å². The van der Waals surface area contributed by atoms with Crippen LogP contribution in [0, 0.1) is 0 Å². The summed E-state index contributed by atoms with van der Waals surface area (Å²) >= 11 is 0. The van der Waals surface area contributed by atoms with E-state index in [1.54, 1.807) is 0 Å². The number of carbonyl (C=O) groups is 2. The second kappa shape index (κ2) is 22.5. The number of hydrogen-bond donors (Lipinski definition) is 9. The minimum absolute atomic E-state index is 0.0280. The molecule has 1 aliphatic heterocycles. The van der Waals surface area contributed by atoms with Crippen molar-refractivity contribution in [2.24, 2.45) is 5.84 Å².